The quantitative estimate of drug-likeness (QED) is 0.621. The summed E-state index contributed by atoms with van der Waals surface area (Å²) in [5.41, 5.74) is -0.0149. The predicted octanol–water partition coefficient (Wildman–Crippen LogP) is 1.86. The average Bonchev–Trinajstić information content (AvgIpc) is 2.42. The lowest BCUT2D eigenvalue weighted by atomic mass is 9.92. The lowest BCUT2D eigenvalue weighted by molar-refractivity contribution is -0.384. The second-order valence-electron chi connectivity index (χ2n) is 5.96. The molecule has 0 aliphatic carbocycles. The molecule has 2 rings (SSSR count). The van der Waals surface area contributed by atoms with E-state index in [4.69, 9.17) is 9.88 Å². The number of sulfonamides is 1. The third kappa shape index (κ3) is 4.63. The van der Waals surface area contributed by atoms with Crippen LogP contribution in [0.15, 0.2) is 23.1 Å². The molecule has 1 heterocycles. The number of nitro groups is 1. The van der Waals surface area contributed by atoms with E-state index in [2.05, 4.69) is 5.32 Å². The molecule has 23 heavy (non-hydrogen) atoms. The van der Waals surface area contributed by atoms with E-state index in [-0.39, 0.29) is 28.5 Å². The number of nitrogens with zero attached hydrogens (tertiary/aromatic N) is 1. The van der Waals surface area contributed by atoms with Crippen molar-refractivity contribution >= 4 is 21.4 Å². The summed E-state index contributed by atoms with van der Waals surface area (Å²) in [7, 11) is -3.97. The summed E-state index contributed by atoms with van der Waals surface area (Å²) < 4.78 is 28.3. The van der Waals surface area contributed by atoms with Gasteiger partial charge in [0.1, 0.15) is 5.69 Å². The zero-order valence-corrected chi connectivity index (χ0v) is 13.9. The molecule has 0 spiro atoms. The van der Waals surface area contributed by atoms with Gasteiger partial charge in [0.15, 0.2) is 0 Å². The molecule has 0 unspecified atom stereocenters. The van der Waals surface area contributed by atoms with Crippen molar-refractivity contribution in [2.24, 2.45) is 11.1 Å². The molecule has 3 N–H and O–H groups in total. The first kappa shape index (κ1) is 17.6. The van der Waals surface area contributed by atoms with Crippen LogP contribution in [0.25, 0.3) is 0 Å². The maximum atomic E-state index is 11.3. The van der Waals surface area contributed by atoms with Gasteiger partial charge in [0.25, 0.3) is 5.69 Å². The molecule has 1 saturated heterocycles. The van der Waals surface area contributed by atoms with Crippen LogP contribution in [-0.2, 0) is 14.8 Å². The van der Waals surface area contributed by atoms with Gasteiger partial charge in [-0.15, -0.1) is 0 Å². The van der Waals surface area contributed by atoms with Gasteiger partial charge in [-0.25, -0.2) is 13.6 Å². The molecule has 0 bridgehead atoms. The summed E-state index contributed by atoms with van der Waals surface area (Å²) in [6.07, 6.45) is 2.07. The zero-order valence-electron chi connectivity index (χ0n) is 13.1. The molecule has 1 aliphatic heterocycles. The first-order valence-corrected chi connectivity index (χ1v) is 8.92. The zero-order chi connectivity index (χ0) is 17.2. The van der Waals surface area contributed by atoms with Crippen LogP contribution in [0.5, 0.6) is 0 Å². The van der Waals surface area contributed by atoms with Gasteiger partial charge in [0.05, 0.1) is 22.0 Å². The van der Waals surface area contributed by atoms with E-state index < -0.39 is 14.9 Å². The number of nitro benzene ring substituents is 1. The lowest BCUT2D eigenvalue weighted by Gasteiger charge is -2.32. The smallest absolute Gasteiger partial charge is 0.293 e. The number of nitrogens with two attached hydrogens (primary N) is 1. The van der Waals surface area contributed by atoms with Crippen molar-refractivity contribution in [2.75, 3.05) is 11.9 Å². The van der Waals surface area contributed by atoms with Crippen molar-refractivity contribution < 1.29 is 18.1 Å². The van der Waals surface area contributed by atoms with Crippen LogP contribution in [0.3, 0.4) is 0 Å². The van der Waals surface area contributed by atoms with Gasteiger partial charge in [-0.2, -0.15) is 0 Å². The lowest BCUT2D eigenvalue weighted by Crippen LogP contribution is -2.32. The number of primary sulfonamides is 1. The number of rotatable bonds is 5. The second kappa shape index (κ2) is 6.81. The molecule has 0 radical (unpaired) electrons. The standard InChI is InChI=1S/C14H21N3O5S/c1-9-5-11(6-10(2)22-9)8-16-13-4-3-12(23(15,20)21)7-14(13)17(18)19/h3-4,7,9-11,16H,5-6,8H2,1-2H3,(H2,15,20,21)/t9-,10+,11+. The highest BCUT2D eigenvalue weighted by Gasteiger charge is 2.25. The maximum absolute atomic E-state index is 11.3. The molecule has 0 aromatic heterocycles. The van der Waals surface area contributed by atoms with Crippen LogP contribution in [0.4, 0.5) is 11.4 Å². The van der Waals surface area contributed by atoms with E-state index in [9.17, 15) is 18.5 Å². The Morgan fingerprint density at radius 3 is 2.48 bits per heavy atom. The van der Waals surface area contributed by atoms with E-state index in [1.54, 1.807) is 0 Å². The summed E-state index contributed by atoms with van der Waals surface area (Å²) in [6, 6.07) is 3.62. The molecular formula is C14H21N3O5S. The molecule has 1 fully saturated rings. The topological polar surface area (TPSA) is 125 Å². The molecule has 1 aromatic carbocycles. The number of anilines is 1. The molecule has 0 saturated carbocycles. The summed E-state index contributed by atoms with van der Waals surface area (Å²) in [4.78, 5) is 10.3. The number of benzene rings is 1. The summed E-state index contributed by atoms with van der Waals surface area (Å²) in [5.74, 6) is 0.339. The van der Waals surface area contributed by atoms with Crippen molar-refractivity contribution in [3.8, 4) is 0 Å². The number of hydrogen-bond donors (Lipinski definition) is 2. The Hall–Kier alpha value is -1.71. The molecular weight excluding hydrogens is 322 g/mol. The SMILES string of the molecule is C[C@@H]1C[C@H](CNc2ccc(S(N)(=O)=O)cc2[N+](=O)[O-])C[C@H](C)O1. The van der Waals surface area contributed by atoms with E-state index in [0.29, 0.717) is 12.5 Å². The van der Waals surface area contributed by atoms with Gasteiger partial charge in [-0.3, -0.25) is 10.1 Å². The largest absolute Gasteiger partial charge is 0.379 e. The summed E-state index contributed by atoms with van der Waals surface area (Å²) in [5, 5.41) is 19.2. The first-order valence-electron chi connectivity index (χ1n) is 7.37. The Labute approximate surface area is 135 Å². The predicted molar refractivity (Wildman–Crippen MR) is 85.7 cm³/mol. The van der Waals surface area contributed by atoms with Crippen molar-refractivity contribution in [2.45, 2.75) is 43.8 Å². The van der Waals surface area contributed by atoms with Gasteiger partial charge < -0.3 is 10.1 Å². The van der Waals surface area contributed by atoms with Crippen LogP contribution in [0.1, 0.15) is 26.7 Å². The normalized spacial score (nSPS) is 25.1. The van der Waals surface area contributed by atoms with Crippen molar-refractivity contribution in [1.82, 2.24) is 0 Å². The third-order valence-electron chi connectivity index (χ3n) is 3.87. The van der Waals surface area contributed by atoms with Gasteiger partial charge >= 0.3 is 0 Å². The van der Waals surface area contributed by atoms with Gasteiger partial charge in [0.2, 0.25) is 10.0 Å². The van der Waals surface area contributed by atoms with Gasteiger partial charge in [-0.05, 0) is 44.7 Å². The molecule has 1 aromatic rings. The molecule has 128 valence electrons. The molecule has 1 aliphatic rings. The number of hydrogen-bond acceptors (Lipinski definition) is 6. The van der Waals surface area contributed by atoms with Crippen LogP contribution < -0.4 is 10.5 Å². The van der Waals surface area contributed by atoms with Crippen molar-refractivity contribution in [3.05, 3.63) is 28.3 Å². The van der Waals surface area contributed by atoms with Gasteiger partial charge in [-0.1, -0.05) is 0 Å². The summed E-state index contributed by atoms with van der Waals surface area (Å²) >= 11 is 0. The maximum Gasteiger partial charge on any atom is 0.293 e. The second-order valence-corrected chi connectivity index (χ2v) is 7.52. The third-order valence-corrected chi connectivity index (χ3v) is 4.78. The fourth-order valence-electron chi connectivity index (χ4n) is 2.95. The minimum Gasteiger partial charge on any atom is -0.379 e. The fraction of sp³-hybridized carbons (Fsp3) is 0.571. The summed E-state index contributed by atoms with van der Waals surface area (Å²) in [6.45, 7) is 4.58. The first-order chi connectivity index (χ1) is 10.7. The molecule has 8 nitrogen and oxygen atoms in total. The highest BCUT2D eigenvalue weighted by Crippen LogP contribution is 2.29. The Kier molecular flexibility index (Phi) is 5.23. The molecule has 9 heteroatoms. The average molecular weight is 343 g/mol. The Balaban J connectivity index is 2.15. The minimum absolute atomic E-state index is 0.158. The highest BCUT2D eigenvalue weighted by molar-refractivity contribution is 7.89. The van der Waals surface area contributed by atoms with Crippen LogP contribution in [0.2, 0.25) is 0 Å². The van der Waals surface area contributed by atoms with E-state index in [1.165, 1.54) is 12.1 Å². The van der Waals surface area contributed by atoms with Crippen LogP contribution in [-0.4, -0.2) is 32.1 Å². The number of nitrogens with one attached hydrogen (secondary N) is 1. The van der Waals surface area contributed by atoms with Crippen LogP contribution >= 0.6 is 0 Å². The monoisotopic (exact) mass is 343 g/mol. The van der Waals surface area contributed by atoms with Crippen molar-refractivity contribution in [1.29, 1.82) is 0 Å². The van der Waals surface area contributed by atoms with E-state index in [1.807, 2.05) is 13.8 Å². The molecule has 3 atom stereocenters. The Bertz CT molecular complexity index is 682. The highest BCUT2D eigenvalue weighted by atomic mass is 32.2. The number of ether oxygens (including phenoxy) is 1. The fourth-order valence-corrected chi connectivity index (χ4v) is 3.49. The van der Waals surface area contributed by atoms with E-state index >= 15 is 0 Å². The van der Waals surface area contributed by atoms with E-state index in [0.717, 1.165) is 18.9 Å². The molecule has 0 amide bonds. The Morgan fingerprint density at radius 1 is 1.35 bits per heavy atom. The van der Waals surface area contributed by atoms with Crippen molar-refractivity contribution in [3.63, 3.8) is 0 Å². The minimum atomic E-state index is -3.97. The van der Waals surface area contributed by atoms with Crippen LogP contribution in [0, 0.1) is 16.0 Å². The Morgan fingerprint density at radius 2 is 1.96 bits per heavy atom. The van der Waals surface area contributed by atoms with Gasteiger partial charge in [0, 0.05) is 12.6 Å².